The second-order valence-electron chi connectivity index (χ2n) is 13.5. The van der Waals surface area contributed by atoms with Gasteiger partial charge in [0.2, 0.25) is 0 Å². The van der Waals surface area contributed by atoms with E-state index in [9.17, 15) is 5.26 Å². The summed E-state index contributed by atoms with van der Waals surface area (Å²) in [6.45, 7) is 13.2. The highest BCUT2D eigenvalue weighted by Gasteiger charge is 2.67. The summed E-state index contributed by atoms with van der Waals surface area (Å²) in [5, 5.41) is 9.32. The van der Waals surface area contributed by atoms with Crippen molar-refractivity contribution in [2.75, 3.05) is 27.8 Å². The minimum atomic E-state index is 0.187. The molecule has 36 heavy (non-hydrogen) atoms. The first-order chi connectivity index (χ1) is 17.3. The molecule has 0 spiro atoms. The Morgan fingerprint density at radius 3 is 2.31 bits per heavy atom. The van der Waals surface area contributed by atoms with Crippen LogP contribution < -0.4 is 0 Å². The van der Waals surface area contributed by atoms with Crippen molar-refractivity contribution in [1.82, 2.24) is 0 Å². The van der Waals surface area contributed by atoms with E-state index in [0.29, 0.717) is 60.9 Å². The van der Waals surface area contributed by atoms with E-state index in [1.165, 1.54) is 38.5 Å². The van der Waals surface area contributed by atoms with Crippen LogP contribution in [0.4, 0.5) is 0 Å². The molecule has 0 N–H and O–H groups in total. The van der Waals surface area contributed by atoms with Gasteiger partial charge in [0.15, 0.2) is 0 Å². The van der Waals surface area contributed by atoms with Gasteiger partial charge in [0, 0.05) is 20.6 Å². The van der Waals surface area contributed by atoms with Gasteiger partial charge < -0.3 is 18.9 Å². The molecule has 0 aromatic carbocycles. The van der Waals surface area contributed by atoms with Crippen molar-refractivity contribution in [2.24, 2.45) is 58.2 Å². The number of ether oxygens (including phenoxy) is 4. The standard InChI is InChI=1S/C31H53NO4/c1-8-22-24-16-20(2)11-13-30(24,4)23-12-14-31(5)25(27(23)29(22)36-19-34-7)17-26(35-18-33-6)28(31)21(3)10-9-15-32/h20-29H,8-14,16-19H2,1-7H3/t20-,21-,22-,23?,24+,25?,26+,27?,28+,29-,30-,31+/m1/s1. The number of hydrogen-bond donors (Lipinski definition) is 0. The highest BCUT2D eigenvalue weighted by molar-refractivity contribution is 5.15. The zero-order chi connectivity index (χ0) is 26.1. The topological polar surface area (TPSA) is 60.7 Å². The molecule has 5 heteroatoms. The van der Waals surface area contributed by atoms with Gasteiger partial charge in [-0.05, 0) is 96.7 Å². The normalized spacial score (nSPS) is 46.9. The van der Waals surface area contributed by atoms with Crippen LogP contribution in [0.3, 0.4) is 0 Å². The molecular formula is C31H53NO4. The van der Waals surface area contributed by atoms with Gasteiger partial charge in [0.05, 0.1) is 18.3 Å². The zero-order valence-corrected chi connectivity index (χ0v) is 24.1. The molecular weight excluding hydrogens is 450 g/mol. The number of hydrogen-bond acceptors (Lipinski definition) is 5. The predicted molar refractivity (Wildman–Crippen MR) is 142 cm³/mol. The summed E-state index contributed by atoms with van der Waals surface area (Å²) < 4.78 is 24.1. The molecule has 12 atom stereocenters. The van der Waals surface area contributed by atoms with Crippen molar-refractivity contribution in [1.29, 1.82) is 5.26 Å². The van der Waals surface area contributed by atoms with Crippen molar-refractivity contribution < 1.29 is 18.9 Å². The Labute approximate surface area is 221 Å². The van der Waals surface area contributed by atoms with Gasteiger partial charge in [-0.2, -0.15) is 5.26 Å². The Balaban J connectivity index is 1.74. The molecule has 0 saturated heterocycles. The minimum Gasteiger partial charge on any atom is -0.359 e. The number of fused-ring (bicyclic) bond motifs is 5. The van der Waals surface area contributed by atoms with Crippen LogP contribution in [0.5, 0.6) is 0 Å². The predicted octanol–water partition coefficient (Wildman–Crippen LogP) is 7.06. The summed E-state index contributed by atoms with van der Waals surface area (Å²) in [6, 6.07) is 2.39. The number of methoxy groups -OCH3 is 2. The lowest BCUT2D eigenvalue weighted by atomic mass is 9.41. The first-order valence-corrected chi connectivity index (χ1v) is 14.8. The third-order valence-corrected chi connectivity index (χ3v) is 11.8. The maximum Gasteiger partial charge on any atom is 0.146 e. The van der Waals surface area contributed by atoms with Gasteiger partial charge in [0.1, 0.15) is 13.6 Å². The first-order valence-electron chi connectivity index (χ1n) is 14.8. The van der Waals surface area contributed by atoms with Gasteiger partial charge in [-0.1, -0.05) is 47.5 Å². The van der Waals surface area contributed by atoms with E-state index in [-0.39, 0.29) is 17.6 Å². The Morgan fingerprint density at radius 1 is 0.944 bits per heavy atom. The van der Waals surface area contributed by atoms with E-state index in [2.05, 4.69) is 40.7 Å². The van der Waals surface area contributed by atoms with E-state index in [0.717, 1.165) is 24.7 Å². The summed E-state index contributed by atoms with van der Waals surface area (Å²) in [5.74, 6) is 4.87. The molecule has 4 aliphatic carbocycles. The van der Waals surface area contributed by atoms with Crippen LogP contribution in [0.25, 0.3) is 0 Å². The molecule has 0 amide bonds. The average Bonchev–Trinajstić information content (AvgIpc) is 3.17. The van der Waals surface area contributed by atoms with E-state index in [4.69, 9.17) is 18.9 Å². The van der Waals surface area contributed by atoms with Gasteiger partial charge in [0.25, 0.3) is 0 Å². The third kappa shape index (κ3) is 4.78. The quantitative estimate of drug-likeness (QED) is 0.299. The molecule has 0 aromatic heterocycles. The Kier molecular flexibility index (Phi) is 9.13. The molecule has 206 valence electrons. The minimum absolute atomic E-state index is 0.187. The van der Waals surface area contributed by atoms with Crippen LogP contribution in [0.2, 0.25) is 0 Å². The van der Waals surface area contributed by atoms with Crippen molar-refractivity contribution in [3.05, 3.63) is 0 Å². The van der Waals surface area contributed by atoms with Crippen molar-refractivity contribution in [3.8, 4) is 6.07 Å². The van der Waals surface area contributed by atoms with Crippen LogP contribution in [0.15, 0.2) is 0 Å². The van der Waals surface area contributed by atoms with Gasteiger partial charge in [-0.3, -0.25) is 0 Å². The van der Waals surface area contributed by atoms with Crippen LogP contribution in [0, 0.1) is 69.5 Å². The summed E-state index contributed by atoms with van der Waals surface area (Å²) in [5.41, 5.74) is 0.603. The molecule has 5 nitrogen and oxygen atoms in total. The SMILES string of the molecule is CC[C@H]1[C@@H](OCOC)C2C3C[C@H](OCOC)[C@H]([C@H](C)CCC#N)[C@@]3(C)CCC2[C@@]2(C)CC[C@@H](C)C[C@@H]12. The van der Waals surface area contributed by atoms with Crippen LogP contribution in [0.1, 0.15) is 92.4 Å². The summed E-state index contributed by atoms with van der Waals surface area (Å²) in [7, 11) is 3.48. The smallest absolute Gasteiger partial charge is 0.146 e. The molecule has 4 aliphatic rings. The Morgan fingerprint density at radius 2 is 1.64 bits per heavy atom. The molecule has 3 unspecified atom stereocenters. The zero-order valence-electron chi connectivity index (χ0n) is 24.1. The molecule has 0 aliphatic heterocycles. The largest absolute Gasteiger partial charge is 0.359 e. The van der Waals surface area contributed by atoms with E-state index in [1.807, 2.05) is 0 Å². The number of nitriles is 1. The molecule has 0 bridgehead atoms. The van der Waals surface area contributed by atoms with Crippen LogP contribution >= 0.6 is 0 Å². The molecule has 0 aromatic rings. The fraction of sp³-hybridized carbons (Fsp3) is 0.968. The lowest BCUT2D eigenvalue weighted by Gasteiger charge is -2.65. The molecule has 4 rings (SSSR count). The van der Waals surface area contributed by atoms with Crippen LogP contribution in [-0.4, -0.2) is 40.0 Å². The Bertz CT molecular complexity index is 768. The number of rotatable bonds is 10. The van der Waals surface area contributed by atoms with Gasteiger partial charge in [-0.25, -0.2) is 0 Å². The van der Waals surface area contributed by atoms with Crippen molar-refractivity contribution >= 4 is 0 Å². The lowest BCUT2D eigenvalue weighted by Crippen LogP contribution is -2.62. The van der Waals surface area contributed by atoms with Gasteiger partial charge >= 0.3 is 0 Å². The fourth-order valence-corrected chi connectivity index (χ4v) is 10.4. The van der Waals surface area contributed by atoms with E-state index >= 15 is 0 Å². The molecule has 0 radical (unpaired) electrons. The highest BCUT2D eigenvalue weighted by Crippen LogP contribution is 2.70. The second-order valence-corrected chi connectivity index (χ2v) is 13.5. The first kappa shape index (κ1) is 28.3. The van der Waals surface area contributed by atoms with E-state index in [1.54, 1.807) is 14.2 Å². The van der Waals surface area contributed by atoms with E-state index < -0.39 is 0 Å². The second kappa shape index (κ2) is 11.6. The van der Waals surface area contributed by atoms with Gasteiger partial charge in [-0.15, -0.1) is 0 Å². The molecule has 4 saturated carbocycles. The molecule has 0 heterocycles. The summed E-state index contributed by atoms with van der Waals surface area (Å²) in [4.78, 5) is 0. The highest BCUT2D eigenvalue weighted by atomic mass is 16.7. The lowest BCUT2D eigenvalue weighted by molar-refractivity contribution is -0.231. The monoisotopic (exact) mass is 503 g/mol. The average molecular weight is 504 g/mol. The summed E-state index contributed by atoms with van der Waals surface area (Å²) in [6.07, 6.45) is 10.9. The van der Waals surface area contributed by atoms with Crippen LogP contribution in [-0.2, 0) is 18.9 Å². The number of nitrogens with zero attached hydrogens (tertiary/aromatic N) is 1. The third-order valence-electron chi connectivity index (χ3n) is 11.8. The molecule has 4 fully saturated rings. The van der Waals surface area contributed by atoms with Crippen molar-refractivity contribution in [2.45, 2.75) is 105 Å². The maximum absolute atomic E-state index is 9.32. The summed E-state index contributed by atoms with van der Waals surface area (Å²) >= 11 is 0. The maximum atomic E-state index is 9.32. The fourth-order valence-electron chi connectivity index (χ4n) is 10.4. The Hall–Kier alpha value is -0.670. The van der Waals surface area contributed by atoms with Crippen molar-refractivity contribution in [3.63, 3.8) is 0 Å².